The van der Waals surface area contributed by atoms with Gasteiger partial charge in [0.15, 0.2) is 0 Å². The van der Waals surface area contributed by atoms with Gasteiger partial charge in [-0.3, -0.25) is 0 Å². The Labute approximate surface area is 85.9 Å². The number of aromatic amines is 1. The SMILES string of the molecule is CCOC(=O)c1cc2ccc(F)cc2[nH]1. The Hall–Kier alpha value is -1.84. The van der Waals surface area contributed by atoms with Crippen molar-refractivity contribution in [3.05, 3.63) is 35.8 Å². The van der Waals surface area contributed by atoms with Gasteiger partial charge in [0.25, 0.3) is 0 Å². The molecule has 1 aromatic heterocycles. The van der Waals surface area contributed by atoms with Crippen molar-refractivity contribution in [2.24, 2.45) is 0 Å². The smallest absolute Gasteiger partial charge is 0.354 e. The molecule has 0 unspecified atom stereocenters. The Morgan fingerprint density at radius 3 is 3.00 bits per heavy atom. The quantitative estimate of drug-likeness (QED) is 0.768. The Morgan fingerprint density at radius 2 is 2.27 bits per heavy atom. The summed E-state index contributed by atoms with van der Waals surface area (Å²) < 4.78 is 17.7. The van der Waals surface area contributed by atoms with Crippen LogP contribution in [-0.2, 0) is 4.74 Å². The van der Waals surface area contributed by atoms with E-state index in [1.807, 2.05) is 0 Å². The fourth-order valence-electron chi connectivity index (χ4n) is 1.42. The molecule has 0 radical (unpaired) electrons. The van der Waals surface area contributed by atoms with Gasteiger partial charge in [0.2, 0.25) is 0 Å². The van der Waals surface area contributed by atoms with Gasteiger partial charge in [0.05, 0.1) is 6.61 Å². The van der Waals surface area contributed by atoms with Crippen LogP contribution < -0.4 is 0 Å². The van der Waals surface area contributed by atoms with Crippen LogP contribution in [0.15, 0.2) is 24.3 Å². The summed E-state index contributed by atoms with van der Waals surface area (Å²) in [5.41, 5.74) is 0.940. The number of fused-ring (bicyclic) bond motifs is 1. The summed E-state index contributed by atoms with van der Waals surface area (Å²) in [5, 5.41) is 0.791. The number of benzene rings is 1. The van der Waals surface area contributed by atoms with Crippen molar-refractivity contribution in [3.8, 4) is 0 Å². The van der Waals surface area contributed by atoms with Crippen LogP contribution in [0.1, 0.15) is 17.4 Å². The van der Waals surface area contributed by atoms with Crippen molar-refractivity contribution in [1.29, 1.82) is 0 Å². The maximum atomic E-state index is 12.9. The summed E-state index contributed by atoms with van der Waals surface area (Å²) in [4.78, 5) is 14.2. The molecule has 1 heterocycles. The number of esters is 1. The lowest BCUT2D eigenvalue weighted by Crippen LogP contribution is -2.04. The van der Waals surface area contributed by atoms with Gasteiger partial charge in [-0.05, 0) is 31.2 Å². The van der Waals surface area contributed by atoms with E-state index >= 15 is 0 Å². The van der Waals surface area contributed by atoms with Gasteiger partial charge in [0.1, 0.15) is 11.5 Å². The first-order chi connectivity index (χ1) is 7.20. The molecule has 78 valence electrons. The summed E-state index contributed by atoms with van der Waals surface area (Å²) in [5.74, 6) is -0.756. The van der Waals surface area contributed by atoms with Crippen LogP contribution in [0, 0.1) is 5.82 Å². The van der Waals surface area contributed by atoms with E-state index < -0.39 is 5.97 Å². The first-order valence-corrected chi connectivity index (χ1v) is 4.66. The monoisotopic (exact) mass is 207 g/mol. The van der Waals surface area contributed by atoms with Gasteiger partial charge in [-0.2, -0.15) is 0 Å². The molecule has 2 rings (SSSR count). The van der Waals surface area contributed by atoms with E-state index in [9.17, 15) is 9.18 Å². The van der Waals surface area contributed by atoms with Crippen LogP contribution in [0.4, 0.5) is 4.39 Å². The van der Waals surface area contributed by atoms with Gasteiger partial charge >= 0.3 is 5.97 Å². The third-order valence-electron chi connectivity index (χ3n) is 2.08. The van der Waals surface area contributed by atoms with E-state index in [1.165, 1.54) is 12.1 Å². The van der Waals surface area contributed by atoms with E-state index in [4.69, 9.17) is 4.74 Å². The molecule has 0 amide bonds. The largest absolute Gasteiger partial charge is 0.461 e. The Balaban J connectivity index is 2.42. The molecule has 4 heteroatoms. The first-order valence-electron chi connectivity index (χ1n) is 4.66. The molecule has 0 saturated carbocycles. The predicted molar refractivity (Wildman–Crippen MR) is 54.2 cm³/mol. The third kappa shape index (κ3) is 1.83. The van der Waals surface area contributed by atoms with Crippen LogP contribution >= 0.6 is 0 Å². The minimum absolute atomic E-state index is 0.322. The van der Waals surface area contributed by atoms with Crippen molar-refractivity contribution < 1.29 is 13.9 Å². The number of carbonyl (C=O) groups excluding carboxylic acids is 1. The number of ether oxygens (including phenoxy) is 1. The average molecular weight is 207 g/mol. The second-order valence-electron chi connectivity index (χ2n) is 3.14. The second kappa shape index (κ2) is 3.73. The lowest BCUT2D eigenvalue weighted by Gasteiger charge is -1.96. The number of hydrogen-bond donors (Lipinski definition) is 1. The van der Waals surface area contributed by atoms with Crippen LogP contribution in [0.2, 0.25) is 0 Å². The Bertz CT molecular complexity index is 504. The number of H-pyrrole nitrogens is 1. The Kier molecular flexibility index (Phi) is 2.41. The Morgan fingerprint density at radius 1 is 1.47 bits per heavy atom. The number of nitrogens with one attached hydrogen (secondary N) is 1. The highest BCUT2D eigenvalue weighted by atomic mass is 19.1. The normalized spacial score (nSPS) is 10.5. The number of carbonyl (C=O) groups is 1. The summed E-state index contributed by atoms with van der Waals surface area (Å²) in [6.45, 7) is 2.06. The van der Waals surface area contributed by atoms with Gasteiger partial charge in [-0.15, -0.1) is 0 Å². The zero-order chi connectivity index (χ0) is 10.8. The highest BCUT2D eigenvalue weighted by Crippen LogP contribution is 2.16. The molecule has 1 aromatic carbocycles. The molecule has 0 aliphatic carbocycles. The highest BCUT2D eigenvalue weighted by molar-refractivity contribution is 5.94. The van der Waals surface area contributed by atoms with Crippen LogP contribution in [-0.4, -0.2) is 17.6 Å². The lowest BCUT2D eigenvalue weighted by molar-refractivity contribution is 0.0520. The minimum Gasteiger partial charge on any atom is -0.461 e. The number of hydrogen-bond acceptors (Lipinski definition) is 2. The van der Waals surface area contributed by atoms with Gasteiger partial charge in [-0.25, -0.2) is 9.18 Å². The average Bonchev–Trinajstić information content (AvgIpc) is 2.60. The van der Waals surface area contributed by atoms with E-state index in [1.54, 1.807) is 19.1 Å². The first kappa shape index (κ1) is 9.71. The minimum atomic E-state index is -0.422. The lowest BCUT2D eigenvalue weighted by atomic mass is 10.2. The molecule has 0 saturated heterocycles. The zero-order valence-corrected chi connectivity index (χ0v) is 8.21. The third-order valence-corrected chi connectivity index (χ3v) is 2.08. The van der Waals surface area contributed by atoms with Crippen molar-refractivity contribution in [2.45, 2.75) is 6.92 Å². The topological polar surface area (TPSA) is 42.1 Å². The van der Waals surface area contributed by atoms with Gasteiger partial charge in [0, 0.05) is 10.9 Å². The molecule has 3 nitrogen and oxygen atoms in total. The molecular weight excluding hydrogens is 197 g/mol. The van der Waals surface area contributed by atoms with Crippen molar-refractivity contribution in [1.82, 2.24) is 4.98 Å². The predicted octanol–water partition coefficient (Wildman–Crippen LogP) is 2.48. The summed E-state index contributed by atoms with van der Waals surface area (Å²) in [6.07, 6.45) is 0. The molecule has 1 N–H and O–H groups in total. The molecule has 0 aliphatic rings. The highest BCUT2D eigenvalue weighted by Gasteiger charge is 2.10. The van der Waals surface area contributed by atoms with Gasteiger partial charge < -0.3 is 9.72 Å². The molecule has 0 fully saturated rings. The fraction of sp³-hybridized carbons (Fsp3) is 0.182. The maximum absolute atomic E-state index is 12.9. The molecular formula is C11H10FNO2. The van der Waals surface area contributed by atoms with Crippen LogP contribution in [0.5, 0.6) is 0 Å². The molecule has 0 aliphatic heterocycles. The van der Waals surface area contributed by atoms with E-state index in [2.05, 4.69) is 4.98 Å². The molecule has 15 heavy (non-hydrogen) atoms. The standard InChI is InChI=1S/C11H10FNO2/c1-2-15-11(14)10-5-7-3-4-8(12)6-9(7)13-10/h3-6,13H,2H2,1H3. The zero-order valence-electron chi connectivity index (χ0n) is 8.21. The molecule has 0 bridgehead atoms. The summed E-state index contributed by atoms with van der Waals surface area (Å²) >= 11 is 0. The van der Waals surface area contributed by atoms with E-state index in [0.717, 1.165) is 5.39 Å². The van der Waals surface area contributed by atoms with Crippen molar-refractivity contribution in [2.75, 3.05) is 6.61 Å². The van der Waals surface area contributed by atoms with Crippen LogP contribution in [0.25, 0.3) is 10.9 Å². The molecule has 0 atom stereocenters. The van der Waals surface area contributed by atoms with E-state index in [-0.39, 0.29) is 5.82 Å². The van der Waals surface area contributed by atoms with Crippen molar-refractivity contribution >= 4 is 16.9 Å². The molecule has 0 spiro atoms. The van der Waals surface area contributed by atoms with E-state index in [0.29, 0.717) is 17.8 Å². The molecule has 2 aromatic rings. The number of rotatable bonds is 2. The fourth-order valence-corrected chi connectivity index (χ4v) is 1.42. The second-order valence-corrected chi connectivity index (χ2v) is 3.14. The number of halogens is 1. The van der Waals surface area contributed by atoms with Gasteiger partial charge in [-0.1, -0.05) is 0 Å². The summed E-state index contributed by atoms with van der Waals surface area (Å²) in [6, 6.07) is 5.96. The summed E-state index contributed by atoms with van der Waals surface area (Å²) in [7, 11) is 0. The van der Waals surface area contributed by atoms with Crippen molar-refractivity contribution in [3.63, 3.8) is 0 Å². The maximum Gasteiger partial charge on any atom is 0.354 e. The van der Waals surface area contributed by atoms with Crippen LogP contribution in [0.3, 0.4) is 0 Å². The number of aromatic nitrogens is 1.